The summed E-state index contributed by atoms with van der Waals surface area (Å²) in [5.74, 6) is 0.606. The number of nitrogens with one attached hydrogen (secondary N) is 1. The van der Waals surface area contributed by atoms with Crippen molar-refractivity contribution in [2.45, 2.75) is 49.9 Å². The van der Waals surface area contributed by atoms with Gasteiger partial charge in [-0.05, 0) is 38.8 Å². The summed E-state index contributed by atoms with van der Waals surface area (Å²) in [5.41, 5.74) is 0.231. The molecule has 4 atom stereocenters. The lowest BCUT2D eigenvalue weighted by molar-refractivity contribution is -0.166. The van der Waals surface area contributed by atoms with Crippen LogP contribution in [0.15, 0.2) is 24.3 Å². The summed E-state index contributed by atoms with van der Waals surface area (Å²) in [7, 11) is 5.51. The molecule has 174 valence electrons. The van der Waals surface area contributed by atoms with Crippen molar-refractivity contribution in [3.05, 3.63) is 29.4 Å². The normalized spacial score (nSPS) is 31.5. The number of nitrogens with zero attached hydrogens (tertiary/aromatic N) is 4. The zero-order chi connectivity index (χ0) is 23.2. The summed E-state index contributed by atoms with van der Waals surface area (Å²) in [4.78, 5) is 16.0. The Labute approximate surface area is 201 Å². The molecule has 2 aliphatic carbocycles. The number of methoxy groups -OCH3 is 1. The number of aromatic nitrogens is 3. The maximum Gasteiger partial charge on any atom is 0.228 e. The van der Waals surface area contributed by atoms with Crippen molar-refractivity contribution >= 4 is 44.9 Å². The Kier molecular flexibility index (Phi) is 4.55. The summed E-state index contributed by atoms with van der Waals surface area (Å²) in [6.07, 6.45) is 1.69. The first-order valence-corrected chi connectivity index (χ1v) is 12.2. The molecule has 3 heterocycles. The fourth-order valence-electron chi connectivity index (χ4n) is 5.64. The lowest BCUT2D eigenvalue weighted by atomic mass is 10.0. The quantitative estimate of drug-likeness (QED) is 0.525. The number of ether oxygens (including phenoxy) is 3. The van der Waals surface area contributed by atoms with Crippen molar-refractivity contribution in [3.63, 3.8) is 0 Å². The van der Waals surface area contributed by atoms with E-state index in [1.54, 1.807) is 18.4 Å². The van der Waals surface area contributed by atoms with Gasteiger partial charge in [0.1, 0.15) is 16.0 Å². The molecule has 1 N–H and O–H groups in total. The van der Waals surface area contributed by atoms with Gasteiger partial charge in [0.25, 0.3) is 0 Å². The standard InChI is InChI=1S/C23H26ClN5O3S/c1-21(2)31-22(11-10-12-16(30-5)23(12,22)32-21)28-18-15(17(24)26-20(27-18)29(3)4)19-25-13-8-6-7-9-14(13)33-19/h6-9,12,16H,10-11H2,1-5H3,(H,26,27,28). The Bertz CT molecular complexity index is 1230. The summed E-state index contributed by atoms with van der Waals surface area (Å²) < 4.78 is 20.0. The van der Waals surface area contributed by atoms with Gasteiger partial charge in [0.2, 0.25) is 5.95 Å². The molecule has 6 rings (SSSR count). The highest BCUT2D eigenvalue weighted by molar-refractivity contribution is 7.21. The molecule has 1 aliphatic heterocycles. The second-order valence-corrected chi connectivity index (χ2v) is 11.0. The Balaban J connectivity index is 1.51. The number of para-hydroxylation sites is 1. The van der Waals surface area contributed by atoms with Gasteiger partial charge >= 0.3 is 0 Å². The lowest BCUT2D eigenvalue weighted by Crippen LogP contribution is -2.50. The highest BCUT2D eigenvalue weighted by Gasteiger charge is 2.86. The van der Waals surface area contributed by atoms with Crippen molar-refractivity contribution in [1.82, 2.24) is 15.0 Å². The molecule has 4 unspecified atom stereocenters. The van der Waals surface area contributed by atoms with Gasteiger partial charge in [-0.15, -0.1) is 11.3 Å². The zero-order valence-electron chi connectivity index (χ0n) is 19.2. The number of hydrogen-bond acceptors (Lipinski definition) is 9. The molecular formula is C23H26ClN5O3S. The van der Waals surface area contributed by atoms with Gasteiger partial charge in [-0.3, -0.25) is 0 Å². The van der Waals surface area contributed by atoms with Crippen LogP contribution in [0.5, 0.6) is 0 Å². The molecule has 2 saturated carbocycles. The highest BCUT2D eigenvalue weighted by Crippen LogP contribution is 2.71. The van der Waals surface area contributed by atoms with E-state index >= 15 is 0 Å². The van der Waals surface area contributed by atoms with E-state index in [9.17, 15) is 0 Å². The molecule has 3 aliphatic rings. The van der Waals surface area contributed by atoms with Gasteiger partial charge < -0.3 is 24.4 Å². The minimum Gasteiger partial charge on any atom is -0.378 e. The fraction of sp³-hybridized carbons (Fsp3) is 0.522. The van der Waals surface area contributed by atoms with Gasteiger partial charge in [-0.1, -0.05) is 23.7 Å². The Hall–Kier alpha value is -2.04. The van der Waals surface area contributed by atoms with E-state index < -0.39 is 17.1 Å². The smallest absolute Gasteiger partial charge is 0.228 e. The number of anilines is 2. The van der Waals surface area contributed by atoms with E-state index in [2.05, 4.69) is 10.3 Å². The fourth-order valence-corrected chi connectivity index (χ4v) is 6.96. The third kappa shape index (κ3) is 2.96. The molecule has 0 amide bonds. The first-order valence-electron chi connectivity index (χ1n) is 11.0. The minimum atomic E-state index is -0.783. The summed E-state index contributed by atoms with van der Waals surface area (Å²) in [6, 6.07) is 8.02. The summed E-state index contributed by atoms with van der Waals surface area (Å²) in [6.45, 7) is 3.89. The molecule has 3 aromatic rings. The van der Waals surface area contributed by atoms with E-state index in [1.807, 2.05) is 57.1 Å². The number of rotatable bonds is 5. The Morgan fingerprint density at radius 3 is 2.67 bits per heavy atom. The topological polar surface area (TPSA) is 81.6 Å². The number of halogens is 1. The van der Waals surface area contributed by atoms with Crippen LogP contribution in [0.3, 0.4) is 0 Å². The largest absolute Gasteiger partial charge is 0.378 e. The van der Waals surface area contributed by atoms with Crippen LogP contribution >= 0.6 is 22.9 Å². The molecular weight excluding hydrogens is 462 g/mol. The van der Waals surface area contributed by atoms with Gasteiger partial charge in [0, 0.05) is 27.1 Å². The molecule has 1 spiro atoms. The Morgan fingerprint density at radius 1 is 1.18 bits per heavy atom. The van der Waals surface area contributed by atoms with Gasteiger partial charge in [-0.25, -0.2) is 9.97 Å². The number of hydrogen-bond donors (Lipinski definition) is 1. The van der Waals surface area contributed by atoms with Crippen LogP contribution < -0.4 is 10.2 Å². The maximum atomic E-state index is 6.78. The molecule has 0 bridgehead atoms. The zero-order valence-corrected chi connectivity index (χ0v) is 20.8. The Morgan fingerprint density at radius 2 is 1.97 bits per heavy atom. The third-order valence-electron chi connectivity index (χ3n) is 6.84. The third-order valence-corrected chi connectivity index (χ3v) is 8.17. The van der Waals surface area contributed by atoms with E-state index in [-0.39, 0.29) is 12.0 Å². The van der Waals surface area contributed by atoms with Crippen molar-refractivity contribution in [1.29, 1.82) is 0 Å². The monoisotopic (exact) mass is 487 g/mol. The van der Waals surface area contributed by atoms with E-state index in [0.29, 0.717) is 22.5 Å². The van der Waals surface area contributed by atoms with E-state index in [4.69, 9.17) is 35.8 Å². The summed E-state index contributed by atoms with van der Waals surface area (Å²) in [5, 5.41) is 4.74. The van der Waals surface area contributed by atoms with Crippen LogP contribution in [0.25, 0.3) is 20.8 Å². The van der Waals surface area contributed by atoms with Crippen molar-refractivity contribution in [3.8, 4) is 10.6 Å². The second-order valence-electron chi connectivity index (χ2n) is 9.57. The summed E-state index contributed by atoms with van der Waals surface area (Å²) >= 11 is 8.34. The van der Waals surface area contributed by atoms with Crippen molar-refractivity contribution in [2.75, 3.05) is 31.4 Å². The minimum absolute atomic E-state index is 0.0305. The average Bonchev–Trinajstić information content (AvgIpc) is 2.99. The predicted octanol–water partition coefficient (Wildman–Crippen LogP) is 4.54. The van der Waals surface area contributed by atoms with Crippen molar-refractivity contribution < 1.29 is 14.2 Å². The van der Waals surface area contributed by atoms with Gasteiger partial charge in [0.05, 0.1) is 21.9 Å². The first kappa shape index (κ1) is 21.5. The van der Waals surface area contributed by atoms with Crippen LogP contribution in [0.2, 0.25) is 5.15 Å². The van der Waals surface area contributed by atoms with Crippen LogP contribution in [0.1, 0.15) is 26.7 Å². The van der Waals surface area contributed by atoms with Crippen LogP contribution in [-0.4, -0.2) is 59.4 Å². The molecule has 1 saturated heterocycles. The SMILES string of the molecule is COC1C2CCC3(Nc4nc(N(C)C)nc(Cl)c4-c4nc5ccccc5s4)OC(C)(C)OC213. The van der Waals surface area contributed by atoms with Gasteiger partial charge in [-0.2, -0.15) is 4.98 Å². The van der Waals surface area contributed by atoms with E-state index in [0.717, 1.165) is 28.1 Å². The molecule has 3 fully saturated rings. The first-order chi connectivity index (χ1) is 15.7. The number of fused-ring (bicyclic) bond motifs is 1. The highest BCUT2D eigenvalue weighted by atomic mass is 35.5. The van der Waals surface area contributed by atoms with Crippen LogP contribution in [-0.2, 0) is 14.2 Å². The number of benzene rings is 1. The molecule has 8 nitrogen and oxygen atoms in total. The van der Waals surface area contributed by atoms with Gasteiger partial charge in [0.15, 0.2) is 17.1 Å². The molecule has 10 heteroatoms. The maximum absolute atomic E-state index is 6.78. The molecule has 1 aromatic carbocycles. The molecule has 0 radical (unpaired) electrons. The number of thiazole rings is 1. The predicted molar refractivity (Wildman–Crippen MR) is 129 cm³/mol. The van der Waals surface area contributed by atoms with E-state index in [1.165, 1.54) is 0 Å². The van der Waals surface area contributed by atoms with Crippen LogP contribution in [0.4, 0.5) is 11.8 Å². The van der Waals surface area contributed by atoms with Crippen LogP contribution in [0, 0.1) is 5.92 Å². The lowest BCUT2D eigenvalue weighted by Gasteiger charge is -2.33. The average molecular weight is 488 g/mol. The molecule has 33 heavy (non-hydrogen) atoms. The van der Waals surface area contributed by atoms with Crippen molar-refractivity contribution in [2.24, 2.45) is 5.92 Å². The second kappa shape index (κ2) is 6.99. The molecule has 2 aromatic heterocycles.